The van der Waals surface area contributed by atoms with Crippen molar-refractivity contribution in [2.45, 2.75) is 12.5 Å². The van der Waals surface area contributed by atoms with Gasteiger partial charge in [-0.05, 0) is 30.7 Å². The average Bonchev–Trinajstić information content (AvgIpc) is 3.05. The van der Waals surface area contributed by atoms with E-state index in [1.54, 1.807) is 0 Å². The minimum absolute atomic E-state index is 0.106. The lowest BCUT2D eigenvalue weighted by Crippen LogP contribution is -2.45. The molecule has 0 aliphatic carbocycles. The number of likely N-dealkylation sites (tertiary alicyclic amines) is 1. The van der Waals surface area contributed by atoms with E-state index in [2.05, 4.69) is 10.3 Å². The van der Waals surface area contributed by atoms with Gasteiger partial charge in [-0.2, -0.15) is 0 Å². The van der Waals surface area contributed by atoms with Crippen LogP contribution in [0.1, 0.15) is 16.8 Å². The van der Waals surface area contributed by atoms with Crippen LogP contribution in [0.5, 0.6) is 0 Å². The standard InChI is InChI=1S/C15H22N4O2/c16-17-13-3-1-12(2-4-13)15(20)19-6-5-14(11-19)18-7-9-21-10-8-18/h1-4,14,17H,5-11,16H2. The van der Waals surface area contributed by atoms with Gasteiger partial charge >= 0.3 is 0 Å². The Hall–Kier alpha value is -1.63. The van der Waals surface area contributed by atoms with Crippen LogP contribution in [0.3, 0.4) is 0 Å². The molecule has 6 heteroatoms. The number of nitrogens with one attached hydrogen (secondary N) is 1. The monoisotopic (exact) mass is 290 g/mol. The topological polar surface area (TPSA) is 70.8 Å². The zero-order chi connectivity index (χ0) is 14.7. The zero-order valence-corrected chi connectivity index (χ0v) is 12.1. The molecule has 2 saturated heterocycles. The van der Waals surface area contributed by atoms with Gasteiger partial charge < -0.3 is 15.1 Å². The number of hydrogen-bond donors (Lipinski definition) is 2. The number of benzene rings is 1. The third-order valence-corrected chi connectivity index (χ3v) is 4.31. The summed E-state index contributed by atoms with van der Waals surface area (Å²) in [5, 5.41) is 0. The average molecular weight is 290 g/mol. The molecule has 21 heavy (non-hydrogen) atoms. The number of carbonyl (C=O) groups excluding carboxylic acids is 1. The van der Waals surface area contributed by atoms with E-state index < -0.39 is 0 Å². The predicted molar refractivity (Wildman–Crippen MR) is 81.0 cm³/mol. The summed E-state index contributed by atoms with van der Waals surface area (Å²) >= 11 is 0. The Bertz CT molecular complexity index is 485. The molecule has 0 spiro atoms. The molecule has 1 amide bonds. The molecule has 0 bridgehead atoms. The Labute approximate surface area is 124 Å². The zero-order valence-electron chi connectivity index (χ0n) is 12.1. The quantitative estimate of drug-likeness (QED) is 0.627. The fraction of sp³-hybridized carbons (Fsp3) is 0.533. The minimum atomic E-state index is 0.106. The van der Waals surface area contributed by atoms with Crippen LogP contribution in [0.4, 0.5) is 5.69 Å². The molecule has 1 unspecified atom stereocenters. The third-order valence-electron chi connectivity index (χ3n) is 4.31. The second kappa shape index (κ2) is 6.43. The molecule has 2 heterocycles. The Morgan fingerprint density at radius 3 is 2.57 bits per heavy atom. The van der Waals surface area contributed by atoms with Crippen LogP contribution < -0.4 is 11.3 Å². The van der Waals surface area contributed by atoms with Crippen molar-refractivity contribution in [2.75, 3.05) is 44.8 Å². The number of nitrogen functional groups attached to an aromatic ring is 1. The van der Waals surface area contributed by atoms with Crippen LogP contribution in [-0.4, -0.2) is 61.1 Å². The molecular weight excluding hydrogens is 268 g/mol. The van der Waals surface area contributed by atoms with Gasteiger partial charge in [-0.15, -0.1) is 0 Å². The molecule has 3 rings (SSSR count). The highest BCUT2D eigenvalue weighted by Crippen LogP contribution is 2.19. The van der Waals surface area contributed by atoms with Gasteiger partial charge in [-0.1, -0.05) is 0 Å². The van der Waals surface area contributed by atoms with E-state index in [1.807, 2.05) is 29.2 Å². The number of carbonyl (C=O) groups is 1. The van der Waals surface area contributed by atoms with Gasteiger partial charge in [-0.3, -0.25) is 15.5 Å². The van der Waals surface area contributed by atoms with Crippen molar-refractivity contribution in [1.82, 2.24) is 9.80 Å². The van der Waals surface area contributed by atoms with Crippen molar-refractivity contribution in [3.05, 3.63) is 29.8 Å². The maximum absolute atomic E-state index is 12.5. The number of nitrogens with two attached hydrogens (primary N) is 1. The Balaban J connectivity index is 1.60. The van der Waals surface area contributed by atoms with Crippen LogP contribution in [-0.2, 0) is 4.74 Å². The molecule has 1 atom stereocenters. The fourth-order valence-corrected chi connectivity index (χ4v) is 3.06. The number of hydrogen-bond acceptors (Lipinski definition) is 5. The second-order valence-corrected chi connectivity index (χ2v) is 5.56. The van der Waals surface area contributed by atoms with E-state index >= 15 is 0 Å². The molecule has 2 aliphatic rings. The molecule has 3 N–H and O–H groups in total. The number of nitrogens with zero attached hydrogens (tertiary/aromatic N) is 2. The fourth-order valence-electron chi connectivity index (χ4n) is 3.06. The smallest absolute Gasteiger partial charge is 0.253 e. The molecule has 1 aromatic rings. The van der Waals surface area contributed by atoms with Crippen LogP contribution in [0.15, 0.2) is 24.3 Å². The summed E-state index contributed by atoms with van der Waals surface area (Å²) in [6.07, 6.45) is 1.05. The molecule has 114 valence electrons. The first-order valence-corrected chi connectivity index (χ1v) is 7.45. The molecule has 0 saturated carbocycles. The van der Waals surface area contributed by atoms with E-state index in [0.717, 1.165) is 57.1 Å². The molecule has 2 fully saturated rings. The molecule has 0 aromatic heterocycles. The summed E-state index contributed by atoms with van der Waals surface area (Å²) in [5.74, 6) is 5.44. The molecule has 6 nitrogen and oxygen atoms in total. The van der Waals surface area contributed by atoms with Crippen molar-refractivity contribution in [1.29, 1.82) is 0 Å². The van der Waals surface area contributed by atoms with Crippen LogP contribution >= 0.6 is 0 Å². The van der Waals surface area contributed by atoms with E-state index in [0.29, 0.717) is 6.04 Å². The first-order chi connectivity index (χ1) is 10.3. The highest BCUT2D eigenvalue weighted by atomic mass is 16.5. The van der Waals surface area contributed by atoms with Crippen molar-refractivity contribution >= 4 is 11.6 Å². The normalized spacial score (nSPS) is 23.3. The van der Waals surface area contributed by atoms with Gasteiger partial charge in [0, 0.05) is 43.5 Å². The first-order valence-electron chi connectivity index (χ1n) is 7.45. The number of rotatable bonds is 3. The summed E-state index contributed by atoms with van der Waals surface area (Å²) in [6, 6.07) is 7.76. The largest absolute Gasteiger partial charge is 0.379 e. The summed E-state index contributed by atoms with van der Waals surface area (Å²) in [7, 11) is 0. The Kier molecular flexibility index (Phi) is 4.38. The summed E-state index contributed by atoms with van der Waals surface area (Å²) in [6.45, 7) is 5.20. The summed E-state index contributed by atoms with van der Waals surface area (Å²) < 4.78 is 5.39. The van der Waals surface area contributed by atoms with Crippen LogP contribution in [0.2, 0.25) is 0 Å². The van der Waals surface area contributed by atoms with E-state index in [4.69, 9.17) is 10.6 Å². The van der Waals surface area contributed by atoms with Gasteiger partial charge in [0.15, 0.2) is 0 Å². The second-order valence-electron chi connectivity index (χ2n) is 5.56. The molecule has 1 aromatic carbocycles. The lowest BCUT2D eigenvalue weighted by Gasteiger charge is -2.32. The summed E-state index contributed by atoms with van der Waals surface area (Å²) in [5.41, 5.74) is 4.09. The van der Waals surface area contributed by atoms with Crippen molar-refractivity contribution in [3.63, 3.8) is 0 Å². The van der Waals surface area contributed by atoms with Gasteiger partial charge in [-0.25, -0.2) is 0 Å². The number of anilines is 1. The predicted octanol–water partition coefficient (Wildman–Crippen LogP) is 0.519. The maximum Gasteiger partial charge on any atom is 0.253 e. The van der Waals surface area contributed by atoms with Crippen molar-refractivity contribution < 1.29 is 9.53 Å². The van der Waals surface area contributed by atoms with Crippen molar-refractivity contribution in [3.8, 4) is 0 Å². The Morgan fingerprint density at radius 1 is 1.19 bits per heavy atom. The number of amides is 1. The van der Waals surface area contributed by atoms with Gasteiger partial charge in [0.05, 0.1) is 13.2 Å². The lowest BCUT2D eigenvalue weighted by molar-refractivity contribution is 0.0185. The van der Waals surface area contributed by atoms with Crippen LogP contribution in [0, 0.1) is 0 Å². The first kappa shape index (κ1) is 14.3. The molecule has 2 aliphatic heterocycles. The van der Waals surface area contributed by atoms with E-state index in [-0.39, 0.29) is 5.91 Å². The molecule has 0 radical (unpaired) electrons. The van der Waals surface area contributed by atoms with Gasteiger partial charge in [0.25, 0.3) is 5.91 Å². The van der Waals surface area contributed by atoms with Crippen molar-refractivity contribution in [2.24, 2.45) is 5.84 Å². The van der Waals surface area contributed by atoms with Crippen LogP contribution in [0.25, 0.3) is 0 Å². The molecular formula is C15H22N4O2. The maximum atomic E-state index is 12.5. The van der Waals surface area contributed by atoms with Gasteiger partial charge in [0.1, 0.15) is 0 Å². The SMILES string of the molecule is NNc1ccc(C(=O)N2CCC(N3CCOCC3)C2)cc1. The lowest BCUT2D eigenvalue weighted by atomic mass is 10.2. The van der Waals surface area contributed by atoms with E-state index in [9.17, 15) is 4.79 Å². The highest BCUT2D eigenvalue weighted by molar-refractivity contribution is 5.94. The minimum Gasteiger partial charge on any atom is -0.379 e. The van der Waals surface area contributed by atoms with E-state index in [1.165, 1.54) is 0 Å². The van der Waals surface area contributed by atoms with Gasteiger partial charge in [0.2, 0.25) is 0 Å². The Morgan fingerprint density at radius 2 is 1.90 bits per heavy atom. The highest BCUT2D eigenvalue weighted by Gasteiger charge is 2.31. The number of morpholine rings is 1. The number of ether oxygens (including phenoxy) is 1. The summed E-state index contributed by atoms with van der Waals surface area (Å²) in [4.78, 5) is 16.9. The third kappa shape index (κ3) is 3.18. The number of hydrazine groups is 1.